The summed E-state index contributed by atoms with van der Waals surface area (Å²) in [6.07, 6.45) is 2.06. The Kier molecular flexibility index (Phi) is 2.92. The van der Waals surface area contributed by atoms with Gasteiger partial charge in [-0.15, -0.1) is 11.3 Å². The summed E-state index contributed by atoms with van der Waals surface area (Å²) >= 11 is 1.61. The smallest absolute Gasteiger partial charge is 0.133 e. The second-order valence-corrected chi connectivity index (χ2v) is 5.91. The highest BCUT2D eigenvalue weighted by Gasteiger charge is 2.30. The molecule has 1 aromatic carbocycles. The van der Waals surface area contributed by atoms with Crippen molar-refractivity contribution in [2.45, 2.75) is 31.7 Å². The van der Waals surface area contributed by atoms with Crippen LogP contribution in [0.4, 0.5) is 4.39 Å². The van der Waals surface area contributed by atoms with Crippen molar-refractivity contribution in [1.82, 2.24) is 4.98 Å². The van der Waals surface area contributed by atoms with E-state index in [0.717, 1.165) is 23.5 Å². The van der Waals surface area contributed by atoms with Gasteiger partial charge in [-0.2, -0.15) is 0 Å². The third-order valence-corrected chi connectivity index (χ3v) is 4.84. The molecule has 2 N–H and O–H groups in total. The van der Waals surface area contributed by atoms with Gasteiger partial charge in [-0.25, -0.2) is 9.37 Å². The van der Waals surface area contributed by atoms with E-state index in [0.29, 0.717) is 17.5 Å². The molecule has 0 radical (unpaired) electrons. The molecule has 0 aliphatic heterocycles. The van der Waals surface area contributed by atoms with Gasteiger partial charge in [0.2, 0.25) is 0 Å². The molecular weight excluding hydrogens is 247 g/mol. The monoisotopic (exact) mass is 262 g/mol. The van der Waals surface area contributed by atoms with Crippen LogP contribution in [0.15, 0.2) is 24.3 Å². The van der Waals surface area contributed by atoms with Crippen molar-refractivity contribution in [3.8, 4) is 10.6 Å². The molecule has 0 unspecified atom stereocenters. The molecule has 4 heteroatoms. The highest BCUT2D eigenvalue weighted by molar-refractivity contribution is 7.15. The number of aromatic nitrogens is 1. The number of aryl methyl sites for hydroxylation is 1. The summed E-state index contributed by atoms with van der Waals surface area (Å²) in [6.45, 7) is 2.00. The average Bonchev–Trinajstić information content (AvgIpc) is 2.67. The molecule has 1 fully saturated rings. The van der Waals surface area contributed by atoms with E-state index < -0.39 is 0 Å². The first-order chi connectivity index (χ1) is 8.65. The average molecular weight is 262 g/mol. The lowest BCUT2D eigenvalue weighted by molar-refractivity contribution is 0.354. The van der Waals surface area contributed by atoms with E-state index in [1.807, 2.05) is 13.0 Å². The van der Waals surface area contributed by atoms with Gasteiger partial charge < -0.3 is 5.73 Å². The van der Waals surface area contributed by atoms with Crippen LogP contribution in [0.2, 0.25) is 0 Å². The zero-order chi connectivity index (χ0) is 12.7. The van der Waals surface area contributed by atoms with Gasteiger partial charge in [-0.3, -0.25) is 0 Å². The molecule has 0 amide bonds. The summed E-state index contributed by atoms with van der Waals surface area (Å²) in [5.41, 5.74) is 7.44. The van der Waals surface area contributed by atoms with Gasteiger partial charge in [0.1, 0.15) is 10.8 Å². The van der Waals surface area contributed by atoms with Crippen molar-refractivity contribution in [2.75, 3.05) is 0 Å². The van der Waals surface area contributed by atoms with E-state index >= 15 is 0 Å². The van der Waals surface area contributed by atoms with Crippen molar-refractivity contribution < 1.29 is 4.39 Å². The van der Waals surface area contributed by atoms with Crippen molar-refractivity contribution in [3.63, 3.8) is 0 Å². The van der Waals surface area contributed by atoms with Crippen LogP contribution in [0.25, 0.3) is 10.6 Å². The first-order valence-electron chi connectivity index (χ1n) is 6.13. The summed E-state index contributed by atoms with van der Waals surface area (Å²) in [6, 6.07) is 7.13. The fourth-order valence-corrected chi connectivity index (χ4v) is 3.63. The van der Waals surface area contributed by atoms with Gasteiger partial charge in [-0.1, -0.05) is 12.1 Å². The lowest BCUT2D eigenvalue weighted by Gasteiger charge is -2.31. The molecule has 1 saturated carbocycles. The largest absolute Gasteiger partial charge is 0.328 e. The van der Waals surface area contributed by atoms with Crippen LogP contribution in [0.3, 0.4) is 0 Å². The minimum absolute atomic E-state index is 0.205. The Labute approximate surface area is 110 Å². The second kappa shape index (κ2) is 4.44. The maximum absolute atomic E-state index is 13.7. The van der Waals surface area contributed by atoms with Gasteiger partial charge in [0.05, 0.1) is 5.69 Å². The Balaban J connectivity index is 1.95. The standard InChI is InChI=1S/C14H15FN2S/c1-8-13(9-6-10(16)7-9)18-14(17-8)11-4-2-3-5-12(11)15/h2-5,9-10H,6-7,16H2,1H3. The Morgan fingerprint density at radius 2 is 2.06 bits per heavy atom. The molecular formula is C14H15FN2S. The third-order valence-electron chi connectivity index (χ3n) is 3.48. The van der Waals surface area contributed by atoms with Crippen LogP contribution >= 0.6 is 11.3 Å². The van der Waals surface area contributed by atoms with E-state index in [1.54, 1.807) is 23.5 Å². The lowest BCUT2D eigenvalue weighted by atomic mass is 9.79. The summed E-state index contributed by atoms with van der Waals surface area (Å²) in [5, 5.41) is 0.779. The zero-order valence-corrected chi connectivity index (χ0v) is 11.0. The molecule has 0 bridgehead atoms. The molecule has 0 spiro atoms. The second-order valence-electron chi connectivity index (χ2n) is 4.88. The minimum atomic E-state index is -0.205. The summed E-state index contributed by atoms with van der Waals surface area (Å²) < 4.78 is 13.7. The van der Waals surface area contributed by atoms with Gasteiger partial charge in [0.15, 0.2) is 0 Å². The molecule has 3 rings (SSSR count). The highest BCUT2D eigenvalue weighted by Crippen LogP contribution is 2.42. The summed E-state index contributed by atoms with van der Waals surface area (Å²) in [5.74, 6) is 0.320. The van der Waals surface area contributed by atoms with Crippen LogP contribution in [0.1, 0.15) is 29.3 Å². The Hall–Kier alpha value is -1.26. The molecule has 1 aromatic heterocycles. The van der Waals surface area contributed by atoms with Crippen molar-refractivity contribution in [3.05, 3.63) is 40.7 Å². The van der Waals surface area contributed by atoms with Crippen molar-refractivity contribution in [1.29, 1.82) is 0 Å². The quantitative estimate of drug-likeness (QED) is 0.900. The van der Waals surface area contributed by atoms with Crippen LogP contribution in [0.5, 0.6) is 0 Å². The molecule has 18 heavy (non-hydrogen) atoms. The Morgan fingerprint density at radius 3 is 2.72 bits per heavy atom. The first-order valence-corrected chi connectivity index (χ1v) is 6.94. The molecule has 1 heterocycles. The van der Waals surface area contributed by atoms with Gasteiger partial charge in [0, 0.05) is 16.5 Å². The lowest BCUT2D eigenvalue weighted by Crippen LogP contribution is -2.34. The first kappa shape index (κ1) is 11.8. The molecule has 1 aliphatic rings. The van der Waals surface area contributed by atoms with E-state index in [1.165, 1.54) is 10.9 Å². The summed E-state index contributed by atoms with van der Waals surface area (Å²) in [4.78, 5) is 5.78. The Morgan fingerprint density at radius 1 is 1.33 bits per heavy atom. The number of nitrogens with zero attached hydrogens (tertiary/aromatic N) is 1. The predicted molar refractivity (Wildman–Crippen MR) is 72.2 cm³/mol. The maximum atomic E-state index is 13.7. The minimum Gasteiger partial charge on any atom is -0.328 e. The Bertz CT molecular complexity index is 573. The zero-order valence-electron chi connectivity index (χ0n) is 10.2. The van der Waals surface area contributed by atoms with E-state index in [2.05, 4.69) is 4.98 Å². The molecule has 2 aromatic rings. The fourth-order valence-electron chi connectivity index (χ4n) is 2.41. The van der Waals surface area contributed by atoms with Crippen LogP contribution in [-0.2, 0) is 0 Å². The predicted octanol–water partition coefficient (Wildman–Crippen LogP) is 3.46. The maximum Gasteiger partial charge on any atom is 0.133 e. The molecule has 1 aliphatic carbocycles. The number of halogens is 1. The topological polar surface area (TPSA) is 38.9 Å². The highest BCUT2D eigenvalue weighted by atomic mass is 32.1. The van der Waals surface area contributed by atoms with Crippen LogP contribution in [-0.4, -0.2) is 11.0 Å². The van der Waals surface area contributed by atoms with Gasteiger partial charge in [-0.05, 0) is 37.8 Å². The molecule has 0 atom stereocenters. The number of hydrogen-bond donors (Lipinski definition) is 1. The summed E-state index contributed by atoms with van der Waals surface area (Å²) in [7, 11) is 0. The molecule has 0 saturated heterocycles. The SMILES string of the molecule is Cc1nc(-c2ccccc2F)sc1C1CC(N)C1. The van der Waals surface area contributed by atoms with E-state index in [-0.39, 0.29) is 5.82 Å². The number of benzene rings is 1. The molecule has 2 nitrogen and oxygen atoms in total. The van der Waals surface area contributed by atoms with Gasteiger partial charge >= 0.3 is 0 Å². The number of hydrogen-bond acceptors (Lipinski definition) is 3. The van der Waals surface area contributed by atoms with Crippen molar-refractivity contribution in [2.24, 2.45) is 5.73 Å². The fraction of sp³-hybridized carbons (Fsp3) is 0.357. The number of thiazole rings is 1. The van der Waals surface area contributed by atoms with Crippen LogP contribution in [0, 0.1) is 12.7 Å². The van der Waals surface area contributed by atoms with Crippen LogP contribution < -0.4 is 5.73 Å². The molecule has 94 valence electrons. The van der Waals surface area contributed by atoms with Gasteiger partial charge in [0.25, 0.3) is 0 Å². The van der Waals surface area contributed by atoms with E-state index in [9.17, 15) is 4.39 Å². The normalized spacial score (nSPS) is 22.8. The third kappa shape index (κ3) is 1.95. The number of rotatable bonds is 2. The number of nitrogens with two attached hydrogens (primary N) is 1. The van der Waals surface area contributed by atoms with E-state index in [4.69, 9.17) is 5.73 Å². The van der Waals surface area contributed by atoms with Crippen molar-refractivity contribution >= 4 is 11.3 Å².